The van der Waals surface area contributed by atoms with Crippen molar-refractivity contribution in [2.75, 3.05) is 7.11 Å². The maximum atomic E-state index is 12.4. The summed E-state index contributed by atoms with van der Waals surface area (Å²) in [5.74, 6) is 0.702. The molecule has 0 radical (unpaired) electrons. The van der Waals surface area contributed by atoms with Crippen LogP contribution in [0.25, 0.3) is 10.9 Å². The van der Waals surface area contributed by atoms with Gasteiger partial charge in [0.15, 0.2) is 0 Å². The van der Waals surface area contributed by atoms with Crippen molar-refractivity contribution in [3.05, 3.63) is 71.9 Å². The van der Waals surface area contributed by atoms with Crippen LogP contribution in [0.15, 0.2) is 60.8 Å². The van der Waals surface area contributed by atoms with Crippen molar-refractivity contribution in [2.24, 2.45) is 0 Å². The third kappa shape index (κ3) is 3.31. The molecular weight excluding hydrogens is 288 g/mol. The zero-order chi connectivity index (χ0) is 16.2. The van der Waals surface area contributed by atoms with Crippen molar-refractivity contribution in [1.82, 2.24) is 10.3 Å². The number of methoxy groups -OCH3 is 1. The van der Waals surface area contributed by atoms with E-state index in [2.05, 4.69) is 10.3 Å². The molecule has 3 aromatic rings. The number of aromatic nitrogens is 1. The summed E-state index contributed by atoms with van der Waals surface area (Å²) in [4.78, 5) is 16.7. The van der Waals surface area contributed by atoms with E-state index in [0.29, 0.717) is 5.56 Å². The van der Waals surface area contributed by atoms with Gasteiger partial charge in [-0.3, -0.25) is 9.78 Å². The standard InChI is InChI=1S/C19H18N2O2/c1-13(14-5-8-17(23-2)9-6-14)21-19(22)16-7-10-18-15(12-16)4-3-11-20-18/h3-13H,1-2H3,(H,21,22)/t13-/m1/s1. The van der Waals surface area contributed by atoms with Crippen LogP contribution >= 0.6 is 0 Å². The molecule has 0 fully saturated rings. The van der Waals surface area contributed by atoms with Gasteiger partial charge < -0.3 is 10.1 Å². The predicted molar refractivity (Wildman–Crippen MR) is 90.6 cm³/mol. The van der Waals surface area contributed by atoms with E-state index in [1.807, 2.05) is 55.5 Å². The minimum Gasteiger partial charge on any atom is -0.497 e. The van der Waals surface area contributed by atoms with Crippen LogP contribution in [-0.4, -0.2) is 18.0 Å². The zero-order valence-electron chi connectivity index (χ0n) is 13.1. The second-order valence-electron chi connectivity index (χ2n) is 5.38. The lowest BCUT2D eigenvalue weighted by Gasteiger charge is -2.15. The number of hydrogen-bond donors (Lipinski definition) is 1. The van der Waals surface area contributed by atoms with Gasteiger partial charge in [-0.2, -0.15) is 0 Å². The number of ether oxygens (including phenoxy) is 1. The van der Waals surface area contributed by atoms with Crippen LogP contribution in [0.4, 0.5) is 0 Å². The molecule has 2 aromatic carbocycles. The van der Waals surface area contributed by atoms with Gasteiger partial charge >= 0.3 is 0 Å². The highest BCUT2D eigenvalue weighted by atomic mass is 16.5. The summed E-state index contributed by atoms with van der Waals surface area (Å²) in [6, 6.07) is 16.9. The third-order valence-electron chi connectivity index (χ3n) is 3.83. The number of pyridine rings is 1. The quantitative estimate of drug-likeness (QED) is 0.799. The third-order valence-corrected chi connectivity index (χ3v) is 3.83. The van der Waals surface area contributed by atoms with Gasteiger partial charge in [0.05, 0.1) is 18.7 Å². The molecule has 23 heavy (non-hydrogen) atoms. The van der Waals surface area contributed by atoms with Crippen LogP contribution in [0.1, 0.15) is 28.9 Å². The van der Waals surface area contributed by atoms with Gasteiger partial charge in [-0.05, 0) is 48.9 Å². The molecule has 0 saturated heterocycles. The summed E-state index contributed by atoms with van der Waals surface area (Å²) >= 11 is 0. The fraction of sp³-hybridized carbons (Fsp3) is 0.158. The summed E-state index contributed by atoms with van der Waals surface area (Å²) in [6.45, 7) is 1.96. The van der Waals surface area contributed by atoms with Gasteiger partial charge in [0.1, 0.15) is 5.75 Å². The van der Waals surface area contributed by atoms with Crippen molar-refractivity contribution < 1.29 is 9.53 Å². The molecule has 0 saturated carbocycles. The van der Waals surface area contributed by atoms with Crippen molar-refractivity contribution >= 4 is 16.8 Å². The van der Waals surface area contributed by atoms with E-state index < -0.39 is 0 Å². The van der Waals surface area contributed by atoms with Crippen molar-refractivity contribution in [1.29, 1.82) is 0 Å². The number of rotatable bonds is 4. The molecule has 4 nitrogen and oxygen atoms in total. The maximum absolute atomic E-state index is 12.4. The monoisotopic (exact) mass is 306 g/mol. The molecule has 4 heteroatoms. The number of nitrogens with zero attached hydrogens (tertiary/aromatic N) is 1. The van der Waals surface area contributed by atoms with E-state index in [-0.39, 0.29) is 11.9 Å². The van der Waals surface area contributed by atoms with Gasteiger partial charge in [-0.1, -0.05) is 18.2 Å². The maximum Gasteiger partial charge on any atom is 0.251 e. The number of hydrogen-bond acceptors (Lipinski definition) is 3. The molecule has 0 spiro atoms. The van der Waals surface area contributed by atoms with Gasteiger partial charge in [0.25, 0.3) is 5.91 Å². The Hall–Kier alpha value is -2.88. The molecule has 0 aliphatic rings. The highest BCUT2D eigenvalue weighted by Crippen LogP contribution is 2.18. The van der Waals surface area contributed by atoms with Crippen molar-refractivity contribution in [2.45, 2.75) is 13.0 Å². The fourth-order valence-corrected chi connectivity index (χ4v) is 2.47. The molecule has 0 aliphatic carbocycles. The van der Waals surface area contributed by atoms with E-state index in [1.165, 1.54) is 0 Å². The molecule has 0 unspecified atom stereocenters. The molecule has 1 atom stereocenters. The lowest BCUT2D eigenvalue weighted by molar-refractivity contribution is 0.0940. The largest absolute Gasteiger partial charge is 0.497 e. The summed E-state index contributed by atoms with van der Waals surface area (Å²) in [7, 11) is 1.63. The Labute approximate surface area is 135 Å². The van der Waals surface area contributed by atoms with Crippen LogP contribution < -0.4 is 10.1 Å². The van der Waals surface area contributed by atoms with Gasteiger partial charge in [0, 0.05) is 17.1 Å². The van der Waals surface area contributed by atoms with Crippen molar-refractivity contribution in [3.63, 3.8) is 0 Å². The number of benzene rings is 2. The number of amides is 1. The topological polar surface area (TPSA) is 51.2 Å². The lowest BCUT2D eigenvalue weighted by Crippen LogP contribution is -2.26. The summed E-state index contributed by atoms with van der Waals surface area (Å²) < 4.78 is 5.15. The molecule has 116 valence electrons. The first-order valence-electron chi connectivity index (χ1n) is 7.47. The van der Waals surface area contributed by atoms with Gasteiger partial charge in [-0.15, -0.1) is 0 Å². The summed E-state index contributed by atoms with van der Waals surface area (Å²) in [5, 5.41) is 3.97. The Morgan fingerprint density at radius 2 is 1.91 bits per heavy atom. The van der Waals surface area contributed by atoms with E-state index in [9.17, 15) is 4.79 Å². The first-order chi connectivity index (χ1) is 11.2. The SMILES string of the molecule is COc1ccc([C@@H](C)NC(=O)c2ccc3ncccc3c2)cc1. The Bertz CT molecular complexity index is 828. The van der Waals surface area contributed by atoms with E-state index in [0.717, 1.165) is 22.2 Å². The molecule has 1 heterocycles. The Balaban J connectivity index is 1.76. The molecule has 0 aliphatic heterocycles. The summed E-state index contributed by atoms with van der Waals surface area (Å²) in [6.07, 6.45) is 1.74. The number of carbonyl (C=O) groups is 1. The second kappa shape index (κ2) is 6.48. The van der Waals surface area contributed by atoms with E-state index >= 15 is 0 Å². The van der Waals surface area contributed by atoms with Crippen LogP contribution in [0, 0.1) is 0 Å². The second-order valence-corrected chi connectivity index (χ2v) is 5.38. The average molecular weight is 306 g/mol. The Morgan fingerprint density at radius 1 is 1.13 bits per heavy atom. The Morgan fingerprint density at radius 3 is 2.65 bits per heavy atom. The minimum atomic E-state index is -0.0981. The van der Waals surface area contributed by atoms with Crippen LogP contribution in [0.3, 0.4) is 0 Å². The van der Waals surface area contributed by atoms with Crippen molar-refractivity contribution in [3.8, 4) is 5.75 Å². The van der Waals surface area contributed by atoms with Crippen LogP contribution in [0.5, 0.6) is 5.75 Å². The fourth-order valence-electron chi connectivity index (χ4n) is 2.47. The molecule has 1 amide bonds. The zero-order valence-corrected chi connectivity index (χ0v) is 13.1. The van der Waals surface area contributed by atoms with E-state index in [4.69, 9.17) is 4.74 Å². The van der Waals surface area contributed by atoms with E-state index in [1.54, 1.807) is 19.4 Å². The first kappa shape index (κ1) is 15.0. The van der Waals surface area contributed by atoms with Gasteiger partial charge in [0.2, 0.25) is 0 Å². The minimum absolute atomic E-state index is 0.0852. The number of carbonyl (C=O) groups excluding carboxylic acids is 1. The van der Waals surface area contributed by atoms with Gasteiger partial charge in [-0.25, -0.2) is 0 Å². The molecule has 0 bridgehead atoms. The molecule has 1 aromatic heterocycles. The smallest absolute Gasteiger partial charge is 0.251 e. The normalized spacial score (nSPS) is 11.9. The Kier molecular flexibility index (Phi) is 4.24. The molecule has 1 N–H and O–H groups in total. The predicted octanol–water partition coefficient (Wildman–Crippen LogP) is 3.73. The highest BCUT2D eigenvalue weighted by Gasteiger charge is 2.12. The number of nitrogens with one attached hydrogen (secondary N) is 1. The lowest BCUT2D eigenvalue weighted by atomic mass is 10.1. The summed E-state index contributed by atoms with van der Waals surface area (Å²) in [5.41, 5.74) is 2.54. The molecular formula is C19H18N2O2. The first-order valence-corrected chi connectivity index (χ1v) is 7.47. The number of fused-ring (bicyclic) bond motifs is 1. The van der Waals surface area contributed by atoms with Crippen LogP contribution in [0.2, 0.25) is 0 Å². The molecule has 3 rings (SSSR count). The highest BCUT2D eigenvalue weighted by molar-refractivity contribution is 5.98. The average Bonchev–Trinajstić information content (AvgIpc) is 2.61. The van der Waals surface area contributed by atoms with Crippen LogP contribution in [-0.2, 0) is 0 Å².